The summed E-state index contributed by atoms with van der Waals surface area (Å²) in [6, 6.07) is 0. The van der Waals surface area contributed by atoms with Crippen LogP contribution in [0.15, 0.2) is 0 Å². The Hall–Kier alpha value is -2.05. The minimum absolute atomic E-state index is 0.277. The quantitative estimate of drug-likeness (QED) is 0.827. The summed E-state index contributed by atoms with van der Waals surface area (Å²) in [5.41, 5.74) is 1.57. The molecule has 4 heterocycles. The number of fused-ring (bicyclic) bond motifs is 1. The van der Waals surface area contributed by atoms with Gasteiger partial charge in [0.25, 0.3) is 0 Å². The van der Waals surface area contributed by atoms with Crippen LogP contribution >= 0.6 is 0 Å². The summed E-state index contributed by atoms with van der Waals surface area (Å²) in [5.74, 6) is 1.83. The van der Waals surface area contributed by atoms with Crippen molar-refractivity contribution in [3.63, 3.8) is 0 Å². The van der Waals surface area contributed by atoms with E-state index in [2.05, 4.69) is 9.80 Å². The minimum Gasteiger partial charge on any atom is -0.444 e. The highest BCUT2D eigenvalue weighted by Gasteiger charge is 2.34. The van der Waals surface area contributed by atoms with E-state index in [1.165, 1.54) is 12.8 Å². The maximum absolute atomic E-state index is 12.4. The molecule has 130 valence electrons. The van der Waals surface area contributed by atoms with Crippen LogP contribution in [0.25, 0.3) is 0 Å². The zero-order chi connectivity index (χ0) is 16.9. The molecule has 7 heteroatoms. The van der Waals surface area contributed by atoms with Gasteiger partial charge in [-0.05, 0) is 33.6 Å². The smallest absolute Gasteiger partial charge is 0.410 e. The number of amides is 1. The Bertz CT molecular complexity index is 662. The van der Waals surface area contributed by atoms with Gasteiger partial charge in [-0.25, -0.2) is 9.78 Å². The minimum atomic E-state index is -0.485. The molecule has 2 saturated heterocycles. The molecule has 3 aliphatic heterocycles. The number of ether oxygens (including phenoxy) is 1. The van der Waals surface area contributed by atoms with Crippen molar-refractivity contribution in [3.05, 3.63) is 11.3 Å². The summed E-state index contributed by atoms with van der Waals surface area (Å²) in [6.45, 7) is 10.8. The highest BCUT2D eigenvalue weighted by molar-refractivity contribution is 5.70. The molecular weight excluding hydrogens is 306 g/mol. The Labute approximate surface area is 142 Å². The third-order valence-electron chi connectivity index (χ3n) is 4.69. The third kappa shape index (κ3) is 2.76. The van der Waals surface area contributed by atoms with Gasteiger partial charge in [0.15, 0.2) is 0 Å². The van der Waals surface area contributed by atoms with Crippen LogP contribution in [0.3, 0.4) is 0 Å². The highest BCUT2D eigenvalue weighted by atomic mass is 16.6. The maximum atomic E-state index is 12.4. The molecule has 0 unspecified atom stereocenters. The normalized spacial score (nSPS) is 19.7. The molecule has 0 aromatic carbocycles. The SMILES string of the molecule is CC(C)(C)OC(=O)N1Cc2nc(N3CCC3)nc(N3CCC3)c2C1. The van der Waals surface area contributed by atoms with E-state index in [-0.39, 0.29) is 6.09 Å². The second kappa shape index (κ2) is 5.50. The van der Waals surface area contributed by atoms with Gasteiger partial charge in [0, 0.05) is 31.7 Å². The largest absolute Gasteiger partial charge is 0.444 e. The van der Waals surface area contributed by atoms with E-state index >= 15 is 0 Å². The maximum Gasteiger partial charge on any atom is 0.410 e. The molecule has 0 N–H and O–H groups in total. The van der Waals surface area contributed by atoms with E-state index in [0.717, 1.165) is 49.2 Å². The number of hydrogen-bond donors (Lipinski definition) is 0. The zero-order valence-corrected chi connectivity index (χ0v) is 14.7. The predicted molar refractivity (Wildman–Crippen MR) is 91.2 cm³/mol. The molecule has 0 bridgehead atoms. The molecule has 1 amide bonds. The fourth-order valence-corrected chi connectivity index (χ4v) is 3.13. The number of carbonyl (C=O) groups is 1. The second-order valence-corrected chi connectivity index (χ2v) is 7.79. The van der Waals surface area contributed by atoms with Crippen LogP contribution in [0.2, 0.25) is 0 Å². The van der Waals surface area contributed by atoms with Gasteiger partial charge in [-0.2, -0.15) is 4.98 Å². The standard InChI is InChI=1S/C17H25N5O2/c1-17(2,3)24-16(23)22-10-12-13(11-22)18-15(21-8-5-9-21)19-14(12)20-6-4-7-20/h4-11H2,1-3H3. The number of nitrogens with zero attached hydrogens (tertiary/aromatic N) is 5. The van der Waals surface area contributed by atoms with Gasteiger partial charge < -0.3 is 14.5 Å². The van der Waals surface area contributed by atoms with E-state index in [1.54, 1.807) is 4.90 Å². The topological polar surface area (TPSA) is 61.8 Å². The molecule has 0 saturated carbocycles. The molecule has 0 aliphatic carbocycles. The fraction of sp³-hybridized carbons (Fsp3) is 0.706. The summed E-state index contributed by atoms with van der Waals surface area (Å²) < 4.78 is 5.52. The summed E-state index contributed by atoms with van der Waals surface area (Å²) in [6.07, 6.45) is 2.12. The number of aromatic nitrogens is 2. The fourth-order valence-electron chi connectivity index (χ4n) is 3.13. The van der Waals surface area contributed by atoms with Crippen LogP contribution < -0.4 is 9.80 Å². The number of anilines is 2. The van der Waals surface area contributed by atoms with Crippen LogP contribution in [0, 0.1) is 0 Å². The monoisotopic (exact) mass is 331 g/mol. The second-order valence-electron chi connectivity index (χ2n) is 7.79. The first kappa shape index (κ1) is 15.5. The zero-order valence-electron chi connectivity index (χ0n) is 14.7. The Morgan fingerprint density at radius 1 is 1.00 bits per heavy atom. The predicted octanol–water partition coefficient (Wildman–Crippen LogP) is 2.15. The molecular formula is C17H25N5O2. The van der Waals surface area contributed by atoms with Crippen molar-refractivity contribution in [1.82, 2.24) is 14.9 Å². The number of carbonyl (C=O) groups excluding carboxylic acids is 1. The van der Waals surface area contributed by atoms with Gasteiger partial charge >= 0.3 is 6.09 Å². The van der Waals surface area contributed by atoms with Gasteiger partial charge in [-0.15, -0.1) is 0 Å². The Morgan fingerprint density at radius 3 is 2.21 bits per heavy atom. The molecule has 7 nitrogen and oxygen atoms in total. The lowest BCUT2D eigenvalue weighted by Crippen LogP contribution is -2.41. The lowest BCUT2D eigenvalue weighted by Gasteiger charge is -2.36. The van der Waals surface area contributed by atoms with Crippen molar-refractivity contribution >= 4 is 17.9 Å². The Morgan fingerprint density at radius 2 is 1.67 bits per heavy atom. The van der Waals surface area contributed by atoms with Crippen LogP contribution in [-0.4, -0.2) is 52.7 Å². The van der Waals surface area contributed by atoms with Crippen LogP contribution in [-0.2, 0) is 17.8 Å². The summed E-state index contributed by atoms with van der Waals surface area (Å²) in [4.78, 5) is 28.2. The molecule has 0 radical (unpaired) electrons. The van der Waals surface area contributed by atoms with E-state index in [4.69, 9.17) is 14.7 Å². The van der Waals surface area contributed by atoms with Crippen molar-refractivity contribution in [2.24, 2.45) is 0 Å². The number of hydrogen-bond acceptors (Lipinski definition) is 6. The van der Waals surface area contributed by atoms with E-state index in [9.17, 15) is 4.79 Å². The van der Waals surface area contributed by atoms with Crippen LogP contribution in [0.5, 0.6) is 0 Å². The van der Waals surface area contributed by atoms with Crippen molar-refractivity contribution in [1.29, 1.82) is 0 Å². The molecule has 4 rings (SSSR count). The third-order valence-corrected chi connectivity index (χ3v) is 4.69. The first-order chi connectivity index (χ1) is 11.4. The first-order valence-corrected chi connectivity index (χ1v) is 8.78. The van der Waals surface area contributed by atoms with Crippen LogP contribution in [0.4, 0.5) is 16.6 Å². The molecule has 1 aromatic rings. The van der Waals surface area contributed by atoms with Crippen molar-refractivity contribution in [2.45, 2.75) is 52.3 Å². The average Bonchev–Trinajstić information content (AvgIpc) is 2.76. The Kier molecular flexibility index (Phi) is 3.54. The average molecular weight is 331 g/mol. The molecule has 2 fully saturated rings. The van der Waals surface area contributed by atoms with Gasteiger partial charge in [0.1, 0.15) is 11.4 Å². The number of rotatable bonds is 2. The van der Waals surface area contributed by atoms with Crippen LogP contribution in [0.1, 0.15) is 44.9 Å². The van der Waals surface area contributed by atoms with Crippen molar-refractivity contribution in [3.8, 4) is 0 Å². The molecule has 0 atom stereocenters. The molecule has 24 heavy (non-hydrogen) atoms. The van der Waals surface area contributed by atoms with Gasteiger partial charge in [-0.1, -0.05) is 0 Å². The van der Waals surface area contributed by atoms with Gasteiger partial charge in [0.05, 0.1) is 18.8 Å². The lowest BCUT2D eigenvalue weighted by molar-refractivity contribution is 0.0241. The summed E-state index contributed by atoms with van der Waals surface area (Å²) in [5, 5.41) is 0. The lowest BCUT2D eigenvalue weighted by atomic mass is 10.1. The summed E-state index contributed by atoms with van der Waals surface area (Å²) >= 11 is 0. The van der Waals surface area contributed by atoms with E-state index in [1.807, 2.05) is 20.8 Å². The highest BCUT2D eigenvalue weighted by Crippen LogP contribution is 2.34. The van der Waals surface area contributed by atoms with Gasteiger partial charge in [0.2, 0.25) is 5.95 Å². The van der Waals surface area contributed by atoms with Crippen molar-refractivity contribution in [2.75, 3.05) is 36.0 Å². The molecule has 0 spiro atoms. The Balaban J connectivity index is 1.60. The van der Waals surface area contributed by atoms with Crippen molar-refractivity contribution < 1.29 is 9.53 Å². The molecule has 1 aromatic heterocycles. The molecule has 3 aliphatic rings. The van der Waals surface area contributed by atoms with E-state index in [0.29, 0.717) is 13.1 Å². The first-order valence-electron chi connectivity index (χ1n) is 8.78. The van der Waals surface area contributed by atoms with E-state index < -0.39 is 5.60 Å². The summed E-state index contributed by atoms with van der Waals surface area (Å²) in [7, 11) is 0. The van der Waals surface area contributed by atoms with Gasteiger partial charge in [-0.3, -0.25) is 4.90 Å².